The molecule has 0 amide bonds. The third-order valence-electron chi connectivity index (χ3n) is 9.62. The van der Waals surface area contributed by atoms with Crippen molar-refractivity contribution in [1.29, 1.82) is 0 Å². The highest BCUT2D eigenvalue weighted by Crippen LogP contribution is 2.43. The van der Waals surface area contributed by atoms with Crippen LogP contribution in [0.1, 0.15) is 0 Å². The van der Waals surface area contributed by atoms with E-state index in [9.17, 15) is 0 Å². The molecule has 0 saturated carbocycles. The smallest absolute Gasteiger partial charge is 0.161 e. The van der Waals surface area contributed by atoms with E-state index in [0.717, 1.165) is 77.5 Å². The number of anilines is 3. The van der Waals surface area contributed by atoms with Gasteiger partial charge in [-0.15, -0.1) is 0 Å². The zero-order valence-corrected chi connectivity index (χ0v) is 27.0. The van der Waals surface area contributed by atoms with Crippen LogP contribution in [0, 0.1) is 0 Å². The fraction of sp³-hybridized carbons (Fsp3) is 0. The van der Waals surface area contributed by atoms with Crippen molar-refractivity contribution < 1.29 is 4.42 Å². The molecular formula is C46H29N3O. The molecule has 50 heavy (non-hydrogen) atoms. The molecule has 2 heterocycles. The molecule has 234 valence electrons. The number of benzene rings is 8. The Kier molecular flexibility index (Phi) is 6.46. The molecule has 0 fully saturated rings. The van der Waals surface area contributed by atoms with Crippen LogP contribution in [0.15, 0.2) is 180 Å². The van der Waals surface area contributed by atoms with Gasteiger partial charge in [0.05, 0.1) is 11.2 Å². The molecule has 0 radical (unpaired) electrons. The summed E-state index contributed by atoms with van der Waals surface area (Å²) in [4.78, 5) is 12.8. The van der Waals surface area contributed by atoms with Gasteiger partial charge in [0.15, 0.2) is 5.82 Å². The molecule has 8 aromatic carbocycles. The average Bonchev–Trinajstić information content (AvgIpc) is 3.56. The Bertz CT molecular complexity index is 2840. The van der Waals surface area contributed by atoms with Gasteiger partial charge in [-0.1, -0.05) is 115 Å². The number of hydrogen-bond donors (Lipinski definition) is 0. The number of fused-ring (bicyclic) bond motifs is 7. The summed E-state index contributed by atoms with van der Waals surface area (Å²) in [6.07, 6.45) is 0. The zero-order valence-electron chi connectivity index (χ0n) is 27.0. The molecule has 0 aliphatic heterocycles. The minimum atomic E-state index is 0.690. The highest BCUT2D eigenvalue weighted by Gasteiger charge is 2.20. The summed E-state index contributed by atoms with van der Waals surface area (Å²) in [5.41, 5.74) is 8.74. The molecule has 0 bridgehead atoms. The second kappa shape index (κ2) is 11.4. The minimum absolute atomic E-state index is 0.690. The molecule has 4 heteroatoms. The van der Waals surface area contributed by atoms with E-state index in [1.807, 2.05) is 18.2 Å². The molecule has 0 unspecified atom stereocenters. The van der Waals surface area contributed by atoms with Gasteiger partial charge in [-0.25, -0.2) is 9.97 Å². The third-order valence-corrected chi connectivity index (χ3v) is 9.62. The summed E-state index contributed by atoms with van der Waals surface area (Å²) in [5.74, 6) is 0.690. The van der Waals surface area contributed by atoms with E-state index < -0.39 is 0 Å². The maximum absolute atomic E-state index is 6.76. The molecule has 10 aromatic rings. The Morgan fingerprint density at radius 3 is 1.86 bits per heavy atom. The van der Waals surface area contributed by atoms with Crippen LogP contribution in [0.4, 0.5) is 17.1 Å². The molecular weight excluding hydrogens is 611 g/mol. The third kappa shape index (κ3) is 4.61. The second-order valence-corrected chi connectivity index (χ2v) is 12.6. The van der Waals surface area contributed by atoms with Crippen molar-refractivity contribution in [2.24, 2.45) is 0 Å². The first-order valence-electron chi connectivity index (χ1n) is 16.8. The maximum atomic E-state index is 6.76. The predicted molar refractivity (Wildman–Crippen MR) is 207 cm³/mol. The van der Waals surface area contributed by atoms with Crippen LogP contribution < -0.4 is 4.90 Å². The first kappa shape index (κ1) is 28.3. The molecule has 0 aliphatic rings. The fourth-order valence-corrected chi connectivity index (χ4v) is 7.27. The number of hydrogen-bond acceptors (Lipinski definition) is 4. The van der Waals surface area contributed by atoms with Crippen molar-refractivity contribution >= 4 is 71.4 Å². The van der Waals surface area contributed by atoms with Gasteiger partial charge < -0.3 is 9.32 Å². The van der Waals surface area contributed by atoms with Crippen molar-refractivity contribution in [2.75, 3.05) is 4.90 Å². The van der Waals surface area contributed by atoms with Gasteiger partial charge in [0.25, 0.3) is 0 Å². The van der Waals surface area contributed by atoms with Crippen molar-refractivity contribution in [3.05, 3.63) is 176 Å². The molecule has 10 rings (SSSR count). The number of aromatic nitrogens is 2. The number of para-hydroxylation sites is 3. The molecule has 0 atom stereocenters. The van der Waals surface area contributed by atoms with Crippen LogP contribution in [0.25, 0.3) is 77.0 Å². The van der Waals surface area contributed by atoms with Crippen LogP contribution in [-0.4, -0.2) is 9.97 Å². The fourth-order valence-electron chi connectivity index (χ4n) is 7.27. The number of furan rings is 1. The van der Waals surface area contributed by atoms with Gasteiger partial charge in [0.1, 0.15) is 11.2 Å². The summed E-state index contributed by atoms with van der Waals surface area (Å²) in [6.45, 7) is 0. The van der Waals surface area contributed by atoms with E-state index in [1.165, 1.54) is 10.8 Å². The topological polar surface area (TPSA) is 42.2 Å². The molecule has 2 aromatic heterocycles. The summed E-state index contributed by atoms with van der Waals surface area (Å²) in [7, 11) is 0. The average molecular weight is 640 g/mol. The lowest BCUT2D eigenvalue weighted by molar-refractivity contribution is 0.673. The van der Waals surface area contributed by atoms with E-state index >= 15 is 0 Å². The lowest BCUT2D eigenvalue weighted by Crippen LogP contribution is -2.09. The second-order valence-electron chi connectivity index (χ2n) is 12.6. The van der Waals surface area contributed by atoms with E-state index in [4.69, 9.17) is 14.4 Å². The van der Waals surface area contributed by atoms with Crippen LogP contribution in [-0.2, 0) is 0 Å². The first-order chi connectivity index (χ1) is 24.8. The van der Waals surface area contributed by atoms with E-state index in [1.54, 1.807) is 0 Å². The largest absolute Gasteiger partial charge is 0.455 e. The summed E-state index contributed by atoms with van der Waals surface area (Å²) < 4.78 is 6.76. The van der Waals surface area contributed by atoms with Gasteiger partial charge in [-0.05, 0) is 70.8 Å². The summed E-state index contributed by atoms with van der Waals surface area (Å²) in [6, 6.07) is 61.3. The summed E-state index contributed by atoms with van der Waals surface area (Å²) in [5, 5.41) is 7.58. The molecule has 0 N–H and O–H groups in total. The highest BCUT2D eigenvalue weighted by atomic mass is 16.3. The summed E-state index contributed by atoms with van der Waals surface area (Å²) >= 11 is 0. The van der Waals surface area contributed by atoms with Crippen LogP contribution in [0.5, 0.6) is 0 Å². The van der Waals surface area contributed by atoms with Crippen molar-refractivity contribution in [2.45, 2.75) is 0 Å². The molecule has 0 saturated heterocycles. The van der Waals surface area contributed by atoms with Crippen LogP contribution in [0.3, 0.4) is 0 Å². The molecule has 4 nitrogen and oxygen atoms in total. The van der Waals surface area contributed by atoms with Crippen molar-refractivity contribution in [1.82, 2.24) is 9.97 Å². The van der Waals surface area contributed by atoms with E-state index in [0.29, 0.717) is 5.82 Å². The quantitative estimate of drug-likeness (QED) is 0.188. The molecule has 0 aliphatic carbocycles. The van der Waals surface area contributed by atoms with Gasteiger partial charge in [-0.3, -0.25) is 0 Å². The number of rotatable bonds is 5. The Morgan fingerprint density at radius 1 is 0.420 bits per heavy atom. The van der Waals surface area contributed by atoms with Crippen molar-refractivity contribution in [3.8, 4) is 22.6 Å². The van der Waals surface area contributed by atoms with Crippen molar-refractivity contribution in [3.63, 3.8) is 0 Å². The van der Waals surface area contributed by atoms with Gasteiger partial charge in [-0.2, -0.15) is 0 Å². The minimum Gasteiger partial charge on any atom is -0.455 e. The molecule has 0 spiro atoms. The van der Waals surface area contributed by atoms with Gasteiger partial charge in [0, 0.05) is 55.8 Å². The Labute approximate surface area is 288 Å². The standard InChI is InChI=1S/C46H29N3O/c1-3-15-33(16-4-1)49(34-17-5-2-6-18-34)35-25-26-37-40-29-41(36-19-9-10-20-38(36)45(40)50-43(37)28-35)46-47-42-22-12-11-21-39(42)44(48-46)32-24-23-30-13-7-8-14-31(30)27-32/h1-29H. The van der Waals surface area contributed by atoms with Crippen LogP contribution in [0.2, 0.25) is 0 Å². The Morgan fingerprint density at radius 2 is 1.08 bits per heavy atom. The SMILES string of the molecule is c1ccc(N(c2ccccc2)c2ccc3c(c2)oc2c4ccccc4c(-c4nc(-c5ccc6ccccc6c5)c5ccccc5n4)cc32)cc1. The van der Waals surface area contributed by atoms with Gasteiger partial charge in [0.2, 0.25) is 0 Å². The van der Waals surface area contributed by atoms with E-state index in [-0.39, 0.29) is 0 Å². The Balaban J connectivity index is 1.19. The van der Waals surface area contributed by atoms with Crippen LogP contribution >= 0.6 is 0 Å². The number of nitrogens with zero attached hydrogens (tertiary/aromatic N) is 3. The zero-order chi connectivity index (χ0) is 33.0. The predicted octanol–water partition coefficient (Wildman–Crippen LogP) is 12.6. The van der Waals surface area contributed by atoms with E-state index in [2.05, 4.69) is 163 Å². The first-order valence-corrected chi connectivity index (χ1v) is 16.8. The maximum Gasteiger partial charge on any atom is 0.161 e. The Hall–Kier alpha value is -6.78. The monoisotopic (exact) mass is 639 g/mol. The normalized spacial score (nSPS) is 11.6. The lowest BCUT2D eigenvalue weighted by Gasteiger charge is -2.25. The van der Waals surface area contributed by atoms with Gasteiger partial charge >= 0.3 is 0 Å². The highest BCUT2D eigenvalue weighted by molar-refractivity contribution is 6.19. The lowest BCUT2D eigenvalue weighted by atomic mass is 9.98.